The Kier molecular flexibility index (Phi) is 3.41. The SMILES string of the molecule is CCn1ccn(Cc2c(C)cc(C)cc2C)c1=O. The fourth-order valence-electron chi connectivity index (χ4n) is 2.44. The van der Waals surface area contributed by atoms with Crippen LogP contribution in [-0.2, 0) is 13.1 Å². The van der Waals surface area contributed by atoms with E-state index in [2.05, 4.69) is 32.9 Å². The van der Waals surface area contributed by atoms with E-state index in [1.54, 1.807) is 9.13 Å². The molecular formula is C15H20N2O. The summed E-state index contributed by atoms with van der Waals surface area (Å²) in [5.74, 6) is 0. The number of aromatic nitrogens is 2. The van der Waals surface area contributed by atoms with Crippen molar-refractivity contribution in [2.45, 2.75) is 40.8 Å². The Morgan fingerprint density at radius 3 is 2.06 bits per heavy atom. The molecule has 0 N–H and O–H groups in total. The van der Waals surface area contributed by atoms with Crippen molar-refractivity contribution in [2.24, 2.45) is 0 Å². The average molecular weight is 244 g/mol. The van der Waals surface area contributed by atoms with Crippen LogP contribution in [0.1, 0.15) is 29.2 Å². The molecule has 0 radical (unpaired) electrons. The first-order valence-electron chi connectivity index (χ1n) is 6.35. The zero-order valence-corrected chi connectivity index (χ0v) is 11.5. The molecule has 18 heavy (non-hydrogen) atoms. The van der Waals surface area contributed by atoms with Crippen molar-refractivity contribution in [1.29, 1.82) is 0 Å². The van der Waals surface area contributed by atoms with Crippen molar-refractivity contribution in [1.82, 2.24) is 9.13 Å². The van der Waals surface area contributed by atoms with Gasteiger partial charge >= 0.3 is 5.69 Å². The van der Waals surface area contributed by atoms with Crippen LogP contribution in [0.3, 0.4) is 0 Å². The van der Waals surface area contributed by atoms with Crippen molar-refractivity contribution < 1.29 is 0 Å². The normalized spacial score (nSPS) is 10.9. The molecule has 0 bridgehead atoms. The molecule has 1 aromatic heterocycles. The number of hydrogen-bond acceptors (Lipinski definition) is 1. The van der Waals surface area contributed by atoms with Gasteiger partial charge in [0.2, 0.25) is 0 Å². The molecule has 0 fully saturated rings. The van der Waals surface area contributed by atoms with Crippen LogP contribution in [0.4, 0.5) is 0 Å². The predicted molar refractivity (Wildman–Crippen MR) is 74.1 cm³/mol. The standard InChI is InChI=1S/C15H20N2O/c1-5-16-6-7-17(15(16)18)10-14-12(3)8-11(2)9-13(14)4/h6-9H,5,10H2,1-4H3. The summed E-state index contributed by atoms with van der Waals surface area (Å²) in [4.78, 5) is 12.0. The van der Waals surface area contributed by atoms with Crippen molar-refractivity contribution in [3.8, 4) is 0 Å². The summed E-state index contributed by atoms with van der Waals surface area (Å²) < 4.78 is 3.49. The third kappa shape index (κ3) is 2.26. The van der Waals surface area contributed by atoms with Crippen LogP contribution in [0.5, 0.6) is 0 Å². The van der Waals surface area contributed by atoms with E-state index in [0.717, 1.165) is 6.54 Å². The van der Waals surface area contributed by atoms with Crippen molar-refractivity contribution in [3.05, 3.63) is 57.3 Å². The zero-order valence-electron chi connectivity index (χ0n) is 11.5. The Bertz CT molecular complexity index is 597. The van der Waals surface area contributed by atoms with E-state index in [1.807, 2.05) is 19.3 Å². The molecule has 0 aliphatic carbocycles. The van der Waals surface area contributed by atoms with E-state index in [0.29, 0.717) is 6.54 Å². The molecule has 2 rings (SSSR count). The number of rotatable bonds is 3. The first-order valence-corrected chi connectivity index (χ1v) is 6.35. The highest BCUT2D eigenvalue weighted by Gasteiger charge is 2.07. The molecule has 1 aromatic carbocycles. The molecule has 0 aliphatic heterocycles. The van der Waals surface area contributed by atoms with Crippen LogP contribution in [-0.4, -0.2) is 9.13 Å². The van der Waals surface area contributed by atoms with Gasteiger partial charge in [-0.3, -0.25) is 9.13 Å². The third-order valence-electron chi connectivity index (χ3n) is 3.43. The predicted octanol–water partition coefficient (Wildman–Crippen LogP) is 2.64. The second-order valence-corrected chi connectivity index (χ2v) is 4.87. The van der Waals surface area contributed by atoms with Gasteiger partial charge in [-0.15, -0.1) is 0 Å². The van der Waals surface area contributed by atoms with E-state index in [9.17, 15) is 4.79 Å². The highest BCUT2D eigenvalue weighted by Crippen LogP contribution is 2.17. The van der Waals surface area contributed by atoms with E-state index < -0.39 is 0 Å². The second-order valence-electron chi connectivity index (χ2n) is 4.87. The van der Waals surface area contributed by atoms with E-state index in [4.69, 9.17) is 0 Å². The molecule has 0 saturated heterocycles. The van der Waals surface area contributed by atoms with Gasteiger partial charge in [0.05, 0.1) is 6.54 Å². The van der Waals surface area contributed by atoms with Crippen molar-refractivity contribution >= 4 is 0 Å². The minimum Gasteiger partial charge on any atom is -0.300 e. The Morgan fingerprint density at radius 1 is 1.00 bits per heavy atom. The molecule has 3 nitrogen and oxygen atoms in total. The van der Waals surface area contributed by atoms with Gasteiger partial charge in [0.25, 0.3) is 0 Å². The summed E-state index contributed by atoms with van der Waals surface area (Å²) in [5.41, 5.74) is 5.09. The monoisotopic (exact) mass is 244 g/mol. The molecule has 0 saturated carbocycles. The van der Waals surface area contributed by atoms with Crippen LogP contribution in [0.25, 0.3) is 0 Å². The molecular weight excluding hydrogens is 224 g/mol. The summed E-state index contributed by atoms with van der Waals surface area (Å²) in [6, 6.07) is 4.34. The number of benzene rings is 1. The number of nitrogens with zero attached hydrogens (tertiary/aromatic N) is 2. The van der Waals surface area contributed by atoms with Gasteiger partial charge in [0, 0.05) is 18.9 Å². The van der Waals surface area contributed by atoms with Crippen LogP contribution in [0.2, 0.25) is 0 Å². The largest absolute Gasteiger partial charge is 0.328 e. The van der Waals surface area contributed by atoms with Crippen LogP contribution >= 0.6 is 0 Å². The average Bonchev–Trinajstić information content (AvgIpc) is 2.64. The summed E-state index contributed by atoms with van der Waals surface area (Å²) >= 11 is 0. The van der Waals surface area contributed by atoms with Gasteiger partial charge < -0.3 is 0 Å². The van der Waals surface area contributed by atoms with Gasteiger partial charge in [0.15, 0.2) is 0 Å². The zero-order chi connectivity index (χ0) is 13.3. The van der Waals surface area contributed by atoms with E-state index in [1.165, 1.54) is 22.3 Å². The molecule has 0 unspecified atom stereocenters. The smallest absolute Gasteiger partial charge is 0.300 e. The molecule has 2 aromatic rings. The summed E-state index contributed by atoms with van der Waals surface area (Å²) in [6.45, 7) is 9.67. The molecule has 96 valence electrons. The summed E-state index contributed by atoms with van der Waals surface area (Å²) in [5, 5.41) is 0. The van der Waals surface area contributed by atoms with Crippen molar-refractivity contribution in [2.75, 3.05) is 0 Å². The Balaban J connectivity index is 2.40. The first kappa shape index (κ1) is 12.7. The molecule has 0 atom stereocenters. The minimum absolute atomic E-state index is 0.0666. The maximum Gasteiger partial charge on any atom is 0.328 e. The maximum absolute atomic E-state index is 12.0. The lowest BCUT2D eigenvalue weighted by Gasteiger charge is -2.11. The lowest BCUT2D eigenvalue weighted by atomic mass is 10.00. The quantitative estimate of drug-likeness (QED) is 0.815. The van der Waals surface area contributed by atoms with Crippen LogP contribution in [0.15, 0.2) is 29.3 Å². The van der Waals surface area contributed by atoms with Gasteiger partial charge in [-0.2, -0.15) is 0 Å². The maximum atomic E-state index is 12.0. The highest BCUT2D eigenvalue weighted by atomic mass is 16.1. The molecule has 0 amide bonds. The fraction of sp³-hybridized carbons (Fsp3) is 0.400. The second kappa shape index (κ2) is 4.84. The Labute approximate surface area is 108 Å². The minimum atomic E-state index is 0.0666. The fourth-order valence-corrected chi connectivity index (χ4v) is 2.44. The molecule has 0 spiro atoms. The van der Waals surface area contributed by atoms with Gasteiger partial charge in [0.1, 0.15) is 0 Å². The summed E-state index contributed by atoms with van der Waals surface area (Å²) in [6.07, 6.45) is 3.71. The molecule has 0 aliphatic rings. The first-order chi connectivity index (χ1) is 8.52. The Morgan fingerprint density at radius 2 is 1.56 bits per heavy atom. The molecule has 1 heterocycles. The highest BCUT2D eigenvalue weighted by molar-refractivity contribution is 5.37. The number of aryl methyl sites for hydroxylation is 4. The lowest BCUT2D eigenvalue weighted by molar-refractivity contribution is 0.666. The van der Waals surface area contributed by atoms with Crippen molar-refractivity contribution in [3.63, 3.8) is 0 Å². The number of hydrogen-bond donors (Lipinski definition) is 0. The van der Waals surface area contributed by atoms with Crippen LogP contribution < -0.4 is 5.69 Å². The number of imidazole rings is 1. The molecule has 3 heteroatoms. The third-order valence-corrected chi connectivity index (χ3v) is 3.43. The lowest BCUT2D eigenvalue weighted by Crippen LogP contribution is -2.24. The van der Waals surface area contributed by atoms with E-state index in [-0.39, 0.29) is 5.69 Å². The topological polar surface area (TPSA) is 26.9 Å². The van der Waals surface area contributed by atoms with Crippen LogP contribution in [0, 0.1) is 20.8 Å². The van der Waals surface area contributed by atoms with E-state index >= 15 is 0 Å². The Hall–Kier alpha value is -1.77. The van der Waals surface area contributed by atoms with Gasteiger partial charge in [-0.25, -0.2) is 4.79 Å². The van der Waals surface area contributed by atoms with Gasteiger partial charge in [-0.1, -0.05) is 17.7 Å². The summed E-state index contributed by atoms with van der Waals surface area (Å²) in [7, 11) is 0. The van der Waals surface area contributed by atoms with Gasteiger partial charge in [-0.05, 0) is 44.4 Å².